The van der Waals surface area contributed by atoms with Crippen molar-refractivity contribution in [3.63, 3.8) is 0 Å². The molecule has 3 aliphatic rings. The largest absolute Gasteiger partial charge is 0.299 e. The van der Waals surface area contributed by atoms with Gasteiger partial charge in [-0.1, -0.05) is 53.9 Å². The fraction of sp³-hybridized carbons (Fsp3) is 0.893. The number of ketones is 1. The van der Waals surface area contributed by atoms with Gasteiger partial charge in [0.15, 0.2) is 0 Å². The van der Waals surface area contributed by atoms with E-state index < -0.39 is 0 Å². The number of carbonyl (C=O) groups is 1. The average molecular weight is 399 g/mol. The Morgan fingerprint density at radius 2 is 1.79 bits per heavy atom. The zero-order chi connectivity index (χ0) is 21.2. The number of hydrogen-bond acceptors (Lipinski definition) is 1. The van der Waals surface area contributed by atoms with Crippen LogP contribution in [0.5, 0.6) is 0 Å². The first kappa shape index (κ1) is 22.9. The van der Waals surface area contributed by atoms with E-state index in [9.17, 15) is 4.79 Å². The minimum Gasteiger partial charge on any atom is -0.299 e. The fourth-order valence-electron chi connectivity index (χ4n) is 8.18. The maximum atomic E-state index is 13.0. The van der Waals surface area contributed by atoms with Gasteiger partial charge in [0, 0.05) is 18.3 Å². The molecule has 0 N–H and O–H groups in total. The van der Waals surface area contributed by atoms with Gasteiger partial charge in [0.25, 0.3) is 0 Å². The molecule has 0 amide bonds. The number of carbonyl (C=O) groups excluding carboxylic acids is 1. The first-order valence-corrected chi connectivity index (χ1v) is 12.7. The lowest BCUT2D eigenvalue weighted by atomic mass is 9.48. The third-order valence-electron chi connectivity index (χ3n) is 9.82. The molecule has 1 heteroatoms. The molecule has 0 aromatic heterocycles. The molecule has 3 rings (SSSR count). The van der Waals surface area contributed by atoms with Crippen molar-refractivity contribution in [2.24, 2.45) is 46.3 Å². The first-order valence-electron chi connectivity index (χ1n) is 12.7. The normalized spacial score (nSPS) is 40.4. The second-order valence-corrected chi connectivity index (χ2v) is 11.8. The van der Waals surface area contributed by atoms with E-state index in [2.05, 4.69) is 40.5 Å². The highest BCUT2D eigenvalue weighted by atomic mass is 16.1. The van der Waals surface area contributed by atoms with Gasteiger partial charge in [-0.05, 0) is 85.9 Å². The van der Waals surface area contributed by atoms with Crippen molar-refractivity contribution >= 4 is 5.78 Å². The summed E-state index contributed by atoms with van der Waals surface area (Å²) in [4.78, 5) is 13.0. The van der Waals surface area contributed by atoms with E-state index >= 15 is 0 Å². The second-order valence-electron chi connectivity index (χ2n) is 11.8. The highest BCUT2D eigenvalue weighted by Gasteiger charge is 2.59. The minimum absolute atomic E-state index is 0.109. The Morgan fingerprint density at radius 1 is 1.03 bits per heavy atom. The van der Waals surface area contributed by atoms with E-state index in [-0.39, 0.29) is 5.41 Å². The lowest BCUT2D eigenvalue weighted by Gasteiger charge is -2.56. The maximum absolute atomic E-state index is 13.0. The lowest BCUT2D eigenvalue weighted by Crippen LogP contribution is -2.52. The number of fused-ring (bicyclic) bond motifs is 3. The minimum atomic E-state index is -0.109. The Hall–Kier alpha value is -0.770. The van der Waals surface area contributed by atoms with Crippen LogP contribution in [0.3, 0.4) is 0 Å². The summed E-state index contributed by atoms with van der Waals surface area (Å²) in [6.45, 7) is 12.2. The predicted octanol–water partition coefficient (Wildman–Crippen LogP) is 7.68. The van der Waals surface area contributed by atoms with Gasteiger partial charge in [-0.25, -0.2) is 0 Å². The van der Waals surface area contributed by atoms with E-state index in [1.165, 1.54) is 44.9 Å². The monoisotopic (exact) mass is 398 g/mol. The highest BCUT2D eigenvalue weighted by Crippen LogP contribution is 2.65. The number of hydrogen-bond donors (Lipinski definition) is 0. The van der Waals surface area contributed by atoms with Gasteiger partial charge < -0.3 is 0 Å². The Kier molecular flexibility index (Phi) is 7.23. The van der Waals surface area contributed by atoms with Crippen molar-refractivity contribution in [2.45, 2.75) is 112 Å². The molecule has 0 heterocycles. The third kappa shape index (κ3) is 4.34. The molecule has 3 fully saturated rings. The van der Waals surface area contributed by atoms with E-state index in [0.29, 0.717) is 17.1 Å². The van der Waals surface area contributed by atoms with Crippen LogP contribution in [0.4, 0.5) is 0 Å². The smallest absolute Gasteiger partial charge is 0.139 e. The third-order valence-corrected chi connectivity index (χ3v) is 9.82. The molecule has 0 spiro atoms. The zero-order valence-corrected chi connectivity index (χ0v) is 19.9. The van der Waals surface area contributed by atoms with Crippen molar-refractivity contribution < 1.29 is 4.79 Å². The first-order chi connectivity index (χ1) is 13.7. The summed E-state index contributed by atoms with van der Waals surface area (Å²) in [6, 6.07) is 0. The Balaban J connectivity index is 1.71. The summed E-state index contributed by atoms with van der Waals surface area (Å²) in [6.07, 6.45) is 19.9. The zero-order valence-electron chi connectivity index (χ0n) is 19.9. The van der Waals surface area contributed by atoms with Crippen LogP contribution in [0.25, 0.3) is 0 Å². The molecule has 1 nitrogen and oxygen atoms in total. The van der Waals surface area contributed by atoms with Crippen LogP contribution in [0.1, 0.15) is 112 Å². The molecule has 3 saturated carbocycles. The van der Waals surface area contributed by atoms with Crippen LogP contribution >= 0.6 is 0 Å². The van der Waals surface area contributed by atoms with Crippen LogP contribution in [0.2, 0.25) is 0 Å². The van der Waals surface area contributed by atoms with Gasteiger partial charge in [-0.3, -0.25) is 4.79 Å². The van der Waals surface area contributed by atoms with Gasteiger partial charge in [-0.15, -0.1) is 12.3 Å². The van der Waals surface area contributed by atoms with E-state index in [1.54, 1.807) is 0 Å². The predicted molar refractivity (Wildman–Crippen MR) is 123 cm³/mol. The summed E-state index contributed by atoms with van der Waals surface area (Å²) in [7, 11) is 0. The summed E-state index contributed by atoms with van der Waals surface area (Å²) in [5.41, 5.74) is 0.403. The molecular weight excluding hydrogens is 352 g/mol. The van der Waals surface area contributed by atoms with Crippen LogP contribution < -0.4 is 0 Å². The Labute approximate surface area is 181 Å². The number of terminal acetylenes is 1. The second kappa shape index (κ2) is 9.16. The molecular formula is C28H46O. The fourth-order valence-corrected chi connectivity index (χ4v) is 8.18. The van der Waals surface area contributed by atoms with Gasteiger partial charge in [0.1, 0.15) is 5.78 Å². The summed E-state index contributed by atoms with van der Waals surface area (Å²) < 4.78 is 0. The quantitative estimate of drug-likeness (QED) is 0.303. The molecule has 164 valence electrons. The Bertz CT molecular complexity index is 612. The summed E-state index contributed by atoms with van der Waals surface area (Å²) in [5.74, 6) is 8.13. The topological polar surface area (TPSA) is 17.1 Å². The molecule has 29 heavy (non-hydrogen) atoms. The number of rotatable bonds is 8. The number of Topliss-reactive ketones (excluding diaryl/α,β-unsaturated/α-hetero) is 1. The van der Waals surface area contributed by atoms with Crippen LogP contribution in [0, 0.1) is 58.7 Å². The van der Waals surface area contributed by atoms with Gasteiger partial charge in [0.2, 0.25) is 0 Å². The molecule has 0 aromatic carbocycles. The van der Waals surface area contributed by atoms with E-state index in [4.69, 9.17) is 6.42 Å². The van der Waals surface area contributed by atoms with Gasteiger partial charge >= 0.3 is 0 Å². The molecule has 0 unspecified atom stereocenters. The standard InChI is InChI=1S/C28H46O/c1-7-8-9-18-28(6)25-17-19-27(5)23(21(4)12-10-11-20(2)3)14-15-24(27)22(25)13-16-26(28)29/h1,20-25H,8-19H2,2-6H3/t21-,22+,23-,24+,25+,27-,28-/m1/s1. The van der Waals surface area contributed by atoms with Crippen molar-refractivity contribution in [1.82, 2.24) is 0 Å². The van der Waals surface area contributed by atoms with Gasteiger partial charge in [-0.2, -0.15) is 0 Å². The number of unbranched alkanes of at least 4 members (excludes halogenated alkanes) is 1. The van der Waals surface area contributed by atoms with E-state index in [0.717, 1.165) is 61.7 Å². The molecule has 3 aliphatic carbocycles. The SMILES string of the molecule is C#CCCC[C@@]1(C)C(=O)CC[C@H]2[C@@H]3CC[C@H]([C@H](C)CCCC(C)C)[C@@]3(C)CC[C@@H]21. The van der Waals surface area contributed by atoms with E-state index in [1.807, 2.05) is 0 Å². The van der Waals surface area contributed by atoms with Crippen LogP contribution in [-0.4, -0.2) is 5.78 Å². The Morgan fingerprint density at radius 3 is 2.48 bits per heavy atom. The lowest BCUT2D eigenvalue weighted by molar-refractivity contribution is -0.146. The van der Waals surface area contributed by atoms with Gasteiger partial charge in [0.05, 0.1) is 0 Å². The molecule has 7 atom stereocenters. The summed E-state index contributed by atoms with van der Waals surface area (Å²) >= 11 is 0. The molecule has 0 saturated heterocycles. The van der Waals surface area contributed by atoms with Crippen molar-refractivity contribution in [3.05, 3.63) is 0 Å². The van der Waals surface area contributed by atoms with Crippen molar-refractivity contribution in [3.8, 4) is 12.3 Å². The molecule has 0 aliphatic heterocycles. The molecule has 0 aromatic rings. The maximum Gasteiger partial charge on any atom is 0.139 e. The molecule has 0 radical (unpaired) electrons. The van der Waals surface area contributed by atoms with Crippen LogP contribution in [-0.2, 0) is 4.79 Å². The van der Waals surface area contributed by atoms with Crippen molar-refractivity contribution in [1.29, 1.82) is 0 Å². The molecule has 0 bridgehead atoms. The van der Waals surface area contributed by atoms with Crippen molar-refractivity contribution in [2.75, 3.05) is 0 Å². The highest BCUT2D eigenvalue weighted by molar-refractivity contribution is 5.85. The van der Waals surface area contributed by atoms with Crippen LogP contribution in [0.15, 0.2) is 0 Å². The summed E-state index contributed by atoms with van der Waals surface area (Å²) in [5, 5.41) is 0. The average Bonchev–Trinajstić information content (AvgIpc) is 3.02.